The van der Waals surface area contributed by atoms with E-state index in [2.05, 4.69) is 138 Å². The minimum Gasteiger partial charge on any atom is -0.456 e. The second-order valence-electron chi connectivity index (χ2n) is 14.4. The van der Waals surface area contributed by atoms with Crippen molar-refractivity contribution >= 4 is 49.3 Å². The maximum absolute atomic E-state index is 6.19. The normalized spacial score (nSPS) is 12.6. The number of para-hydroxylation sites is 1. The molecule has 0 saturated carbocycles. The maximum atomic E-state index is 6.19. The Morgan fingerprint density at radius 1 is 0.607 bits per heavy atom. The van der Waals surface area contributed by atoms with Crippen LogP contribution in [0.25, 0.3) is 66.1 Å². The Labute approximate surface area is 328 Å². The Morgan fingerprint density at radius 2 is 1.32 bits per heavy atom. The molecule has 2 aromatic heterocycles. The Morgan fingerprint density at radius 3 is 2.04 bits per heavy atom. The number of fused-ring (bicyclic) bond motifs is 6. The highest BCUT2D eigenvalue weighted by Gasteiger charge is 2.17. The molecule has 1 aliphatic carbocycles. The summed E-state index contributed by atoms with van der Waals surface area (Å²) in [6.07, 6.45) is 7.38. The van der Waals surface area contributed by atoms with Gasteiger partial charge in [-0.25, -0.2) is 0 Å². The summed E-state index contributed by atoms with van der Waals surface area (Å²) in [6.45, 7) is 3.28. The largest absolute Gasteiger partial charge is 0.456 e. The smallest absolute Gasteiger partial charge is 0.135 e. The highest BCUT2D eigenvalue weighted by atomic mass is 16.3. The molecule has 7 aromatic carbocycles. The van der Waals surface area contributed by atoms with E-state index >= 15 is 0 Å². The third-order valence-electron chi connectivity index (χ3n) is 10.7. The highest BCUT2D eigenvalue weighted by molar-refractivity contribution is 6.11. The fraction of sp³-hybridized carbons (Fsp3) is 0.137. The summed E-state index contributed by atoms with van der Waals surface area (Å²) in [5.74, 6) is 5.67. The predicted molar refractivity (Wildman–Crippen MR) is 236 cm³/mol. The number of aryl methyl sites for hydroxylation is 1. The Balaban J connectivity index is 0.000000172. The van der Waals surface area contributed by atoms with E-state index in [4.69, 9.17) is 16.0 Å². The van der Waals surface area contributed by atoms with Crippen LogP contribution in [0.3, 0.4) is 0 Å². The highest BCUT2D eigenvalue weighted by Crippen LogP contribution is 2.38. The summed E-state index contributed by atoms with van der Waals surface area (Å²) < 4.78 is 8.57. The summed E-state index contributed by atoms with van der Waals surface area (Å²) in [7, 11) is 0. The van der Waals surface area contributed by atoms with Gasteiger partial charge in [-0.3, -0.25) is 11.3 Å². The van der Waals surface area contributed by atoms with Gasteiger partial charge in [-0.05, 0) is 108 Å². The van der Waals surface area contributed by atoms with Crippen LogP contribution in [0.1, 0.15) is 47.9 Å². The van der Waals surface area contributed by atoms with Crippen LogP contribution in [0.5, 0.6) is 0 Å². The molecule has 1 aliphatic rings. The first-order valence-electron chi connectivity index (χ1n) is 19.6. The number of rotatable bonds is 6. The van der Waals surface area contributed by atoms with Crippen molar-refractivity contribution in [2.45, 2.75) is 45.7 Å². The fourth-order valence-corrected chi connectivity index (χ4v) is 7.83. The van der Waals surface area contributed by atoms with Crippen molar-refractivity contribution in [3.8, 4) is 16.8 Å². The van der Waals surface area contributed by atoms with Crippen LogP contribution in [-0.2, 0) is 13.1 Å². The number of hydrogen-bond acceptors (Lipinski definition) is 4. The zero-order valence-corrected chi connectivity index (χ0v) is 31.9. The number of nitrogens with zero attached hydrogens (tertiary/aromatic N) is 1. The van der Waals surface area contributed by atoms with E-state index in [1.54, 1.807) is 0 Å². The molecule has 0 atom stereocenters. The Kier molecular flexibility index (Phi) is 11.2. The van der Waals surface area contributed by atoms with Crippen LogP contribution in [0.15, 0.2) is 174 Å². The first-order valence-corrected chi connectivity index (χ1v) is 19.6. The maximum Gasteiger partial charge on any atom is 0.135 e. The quantitative estimate of drug-likeness (QED) is 0.117. The van der Waals surface area contributed by atoms with Gasteiger partial charge in [0.2, 0.25) is 0 Å². The van der Waals surface area contributed by atoms with Crippen LogP contribution in [-0.4, -0.2) is 4.57 Å². The van der Waals surface area contributed by atoms with E-state index in [0.29, 0.717) is 13.1 Å². The molecule has 0 spiro atoms. The lowest BCUT2D eigenvalue weighted by atomic mass is 9.93. The zero-order valence-electron chi connectivity index (χ0n) is 31.9. The van der Waals surface area contributed by atoms with E-state index < -0.39 is 0 Å². The number of nitrogens with two attached hydrogens (primary N) is 2. The standard InChI is InChI=1S/C31H27N3O.C13H13N.C7H8/c32-33-19-22-9-6-12-30-31(22)26-18-23(14-16-29(26)35-30)34-27-11-5-4-10-24(27)25-17-21(13-15-28(25)34)20-7-2-1-3-8-20;14-10-11-6-8-13(9-7-11)12-4-2-1-3-5-12;1-7-5-3-2-4-6-7/h4-7,9-18,33H,1-3,8,19,32H2;1-9H,10,14H2;2-6H,1H3. The van der Waals surface area contributed by atoms with Gasteiger partial charge in [-0.1, -0.05) is 133 Å². The molecule has 56 heavy (non-hydrogen) atoms. The van der Waals surface area contributed by atoms with Crippen LogP contribution >= 0.6 is 0 Å². The molecule has 0 aliphatic heterocycles. The lowest BCUT2D eigenvalue weighted by Gasteiger charge is -2.13. The molecule has 9 aromatic rings. The molecule has 0 radical (unpaired) electrons. The van der Waals surface area contributed by atoms with E-state index in [1.165, 1.54) is 80.9 Å². The van der Waals surface area contributed by atoms with Crippen LogP contribution in [0, 0.1) is 6.92 Å². The van der Waals surface area contributed by atoms with Gasteiger partial charge in [-0.15, -0.1) is 0 Å². The second-order valence-corrected chi connectivity index (χ2v) is 14.4. The van der Waals surface area contributed by atoms with Crippen LogP contribution in [0.4, 0.5) is 0 Å². The van der Waals surface area contributed by atoms with E-state index in [1.807, 2.05) is 48.5 Å². The summed E-state index contributed by atoms with van der Waals surface area (Å²) in [4.78, 5) is 0. The van der Waals surface area contributed by atoms with Gasteiger partial charge < -0.3 is 14.7 Å². The first-order chi connectivity index (χ1) is 27.6. The van der Waals surface area contributed by atoms with Crippen molar-refractivity contribution < 1.29 is 4.42 Å². The number of nitrogens with one attached hydrogen (secondary N) is 1. The third kappa shape index (κ3) is 7.79. The Hall–Kier alpha value is -6.24. The van der Waals surface area contributed by atoms with Crippen molar-refractivity contribution in [1.29, 1.82) is 0 Å². The van der Waals surface area contributed by atoms with E-state index in [0.717, 1.165) is 33.2 Å². The van der Waals surface area contributed by atoms with E-state index in [-0.39, 0.29) is 0 Å². The van der Waals surface area contributed by atoms with Gasteiger partial charge in [0.05, 0.1) is 11.0 Å². The summed E-state index contributed by atoms with van der Waals surface area (Å²) in [5, 5.41) is 4.81. The zero-order chi connectivity index (χ0) is 38.3. The molecule has 2 heterocycles. The molecule has 5 nitrogen and oxygen atoms in total. The van der Waals surface area contributed by atoms with Gasteiger partial charge in [0.15, 0.2) is 0 Å². The molecule has 5 heteroatoms. The van der Waals surface area contributed by atoms with Gasteiger partial charge >= 0.3 is 0 Å². The van der Waals surface area contributed by atoms with E-state index in [9.17, 15) is 0 Å². The lowest BCUT2D eigenvalue weighted by molar-refractivity contribution is 0.668. The van der Waals surface area contributed by atoms with Gasteiger partial charge in [0.1, 0.15) is 11.2 Å². The van der Waals surface area contributed by atoms with Gasteiger partial charge in [0, 0.05) is 40.3 Å². The molecular formula is C51H48N4O. The van der Waals surface area contributed by atoms with Crippen LogP contribution < -0.4 is 17.0 Å². The molecule has 278 valence electrons. The van der Waals surface area contributed by atoms with Crippen molar-refractivity contribution in [3.05, 3.63) is 192 Å². The molecule has 0 amide bonds. The summed E-state index contributed by atoms with van der Waals surface area (Å²) in [6, 6.07) is 57.3. The minimum atomic E-state index is 0.588. The average molecular weight is 733 g/mol. The van der Waals surface area contributed by atoms with Crippen molar-refractivity contribution in [2.75, 3.05) is 0 Å². The molecule has 0 unspecified atom stereocenters. The topological polar surface area (TPSA) is 82.1 Å². The monoisotopic (exact) mass is 732 g/mol. The first kappa shape index (κ1) is 36.7. The summed E-state index contributed by atoms with van der Waals surface area (Å²) >= 11 is 0. The number of furan rings is 1. The second kappa shape index (κ2) is 17.1. The van der Waals surface area contributed by atoms with Crippen molar-refractivity contribution in [3.63, 3.8) is 0 Å². The number of allylic oxidation sites excluding steroid dienone is 2. The van der Waals surface area contributed by atoms with Crippen molar-refractivity contribution in [2.24, 2.45) is 11.6 Å². The lowest BCUT2D eigenvalue weighted by Crippen LogP contribution is -2.20. The molecule has 0 bridgehead atoms. The molecular weight excluding hydrogens is 685 g/mol. The molecule has 0 fully saturated rings. The van der Waals surface area contributed by atoms with Gasteiger partial charge in [0.25, 0.3) is 0 Å². The molecule has 5 N–H and O–H groups in total. The van der Waals surface area contributed by atoms with Crippen LogP contribution in [0.2, 0.25) is 0 Å². The predicted octanol–water partition coefficient (Wildman–Crippen LogP) is 12.4. The number of benzene rings is 7. The fourth-order valence-electron chi connectivity index (χ4n) is 7.83. The molecule has 0 saturated heterocycles. The Bertz CT molecular complexity index is 2740. The number of hydrazine groups is 1. The van der Waals surface area contributed by atoms with Gasteiger partial charge in [-0.2, -0.15) is 0 Å². The average Bonchev–Trinajstić information content (AvgIpc) is 3.81. The number of hydrogen-bond donors (Lipinski definition) is 3. The number of aromatic nitrogens is 1. The van der Waals surface area contributed by atoms with Crippen molar-refractivity contribution in [1.82, 2.24) is 9.99 Å². The summed E-state index contributed by atoms with van der Waals surface area (Å²) in [5.41, 5.74) is 22.6. The SMILES string of the molecule is Cc1ccccc1.NCc1ccc(-c2ccccc2)cc1.NNCc1cccc2oc3ccc(-n4c5ccccc5c5cc(C6=CCCCC6)ccc54)cc3c12. The minimum absolute atomic E-state index is 0.588. The molecule has 10 rings (SSSR count). The third-order valence-corrected chi connectivity index (χ3v) is 10.7.